The molecule has 0 aliphatic heterocycles. The van der Waals surface area contributed by atoms with Crippen molar-refractivity contribution in [2.24, 2.45) is 0 Å². The van der Waals surface area contributed by atoms with Crippen molar-refractivity contribution in [3.63, 3.8) is 0 Å². The molecule has 0 aliphatic carbocycles. The van der Waals surface area contributed by atoms with Crippen molar-refractivity contribution >= 4 is 27.7 Å². The first-order valence-corrected chi connectivity index (χ1v) is 6.49. The van der Waals surface area contributed by atoms with Crippen LogP contribution < -0.4 is 10.6 Å². The van der Waals surface area contributed by atoms with E-state index < -0.39 is 0 Å². The van der Waals surface area contributed by atoms with Crippen molar-refractivity contribution in [3.05, 3.63) is 22.3 Å². The number of methoxy groups -OCH3 is 1. The Kier molecular flexibility index (Phi) is 6.07. The van der Waals surface area contributed by atoms with Gasteiger partial charge in [0.2, 0.25) is 5.91 Å². The van der Waals surface area contributed by atoms with Gasteiger partial charge in [-0.05, 0) is 41.4 Å². The van der Waals surface area contributed by atoms with E-state index in [0.29, 0.717) is 19.0 Å². The van der Waals surface area contributed by atoms with E-state index in [1.807, 2.05) is 13.0 Å². The molecule has 1 heterocycles. The second kappa shape index (κ2) is 7.33. The molecule has 1 atom stereocenters. The number of nitrogens with one attached hydrogen (secondary N) is 2. The zero-order valence-electron chi connectivity index (χ0n) is 10.8. The number of pyridine rings is 1. The van der Waals surface area contributed by atoms with Crippen molar-refractivity contribution in [2.45, 2.75) is 19.9 Å². The van der Waals surface area contributed by atoms with E-state index in [-0.39, 0.29) is 11.9 Å². The van der Waals surface area contributed by atoms with Gasteiger partial charge < -0.3 is 15.4 Å². The Morgan fingerprint density at radius 2 is 2.33 bits per heavy atom. The molecular formula is C12H18BrN3O2. The molecule has 1 aromatic heterocycles. The quantitative estimate of drug-likeness (QED) is 0.785. The van der Waals surface area contributed by atoms with Gasteiger partial charge in [-0.1, -0.05) is 0 Å². The minimum Gasteiger partial charge on any atom is -0.383 e. The van der Waals surface area contributed by atoms with Crippen LogP contribution in [0.25, 0.3) is 0 Å². The zero-order valence-corrected chi connectivity index (χ0v) is 12.4. The molecule has 1 aromatic rings. The fourth-order valence-electron chi connectivity index (χ4n) is 1.34. The molecule has 1 amide bonds. The monoisotopic (exact) mass is 315 g/mol. The number of hydrogen-bond acceptors (Lipinski definition) is 4. The molecule has 0 spiro atoms. The summed E-state index contributed by atoms with van der Waals surface area (Å²) in [5.41, 5.74) is 1.06. The summed E-state index contributed by atoms with van der Waals surface area (Å²) in [7, 11) is 1.60. The number of aryl methyl sites for hydroxylation is 1. The Bertz CT molecular complexity index is 412. The van der Waals surface area contributed by atoms with Gasteiger partial charge in [0.15, 0.2) is 0 Å². The molecule has 100 valence electrons. The van der Waals surface area contributed by atoms with Gasteiger partial charge in [0.1, 0.15) is 11.9 Å². The second-order valence-electron chi connectivity index (χ2n) is 3.99. The van der Waals surface area contributed by atoms with E-state index in [1.54, 1.807) is 20.2 Å². The fraction of sp³-hybridized carbons (Fsp3) is 0.500. The van der Waals surface area contributed by atoms with Gasteiger partial charge >= 0.3 is 0 Å². The number of anilines is 1. The highest BCUT2D eigenvalue weighted by molar-refractivity contribution is 9.10. The third kappa shape index (κ3) is 4.62. The van der Waals surface area contributed by atoms with Crippen LogP contribution in [-0.2, 0) is 9.53 Å². The first kappa shape index (κ1) is 14.9. The minimum atomic E-state index is -0.353. The summed E-state index contributed by atoms with van der Waals surface area (Å²) in [5, 5.41) is 5.82. The van der Waals surface area contributed by atoms with Crippen LogP contribution in [0.2, 0.25) is 0 Å². The normalized spacial score (nSPS) is 12.0. The van der Waals surface area contributed by atoms with Crippen LogP contribution in [0.3, 0.4) is 0 Å². The molecule has 0 saturated heterocycles. The van der Waals surface area contributed by atoms with Crippen LogP contribution in [0.1, 0.15) is 12.5 Å². The number of aromatic nitrogens is 1. The van der Waals surface area contributed by atoms with E-state index >= 15 is 0 Å². The number of halogens is 1. The largest absolute Gasteiger partial charge is 0.383 e. The van der Waals surface area contributed by atoms with Crippen LogP contribution >= 0.6 is 15.9 Å². The molecule has 0 aromatic carbocycles. The lowest BCUT2D eigenvalue weighted by molar-refractivity contribution is -0.121. The van der Waals surface area contributed by atoms with Crippen LogP contribution in [0.4, 0.5) is 5.82 Å². The predicted octanol–water partition coefficient (Wildman–Crippen LogP) is 1.72. The third-order valence-electron chi connectivity index (χ3n) is 2.33. The highest BCUT2D eigenvalue weighted by Gasteiger charge is 2.13. The number of ether oxygens (including phenoxy) is 1. The Labute approximate surface area is 115 Å². The molecule has 5 nitrogen and oxygen atoms in total. The molecule has 2 N–H and O–H groups in total. The molecule has 18 heavy (non-hydrogen) atoms. The van der Waals surface area contributed by atoms with Crippen molar-refractivity contribution in [2.75, 3.05) is 25.6 Å². The van der Waals surface area contributed by atoms with E-state index in [2.05, 4.69) is 31.5 Å². The number of carbonyl (C=O) groups is 1. The summed E-state index contributed by atoms with van der Waals surface area (Å²) in [6, 6.07) is 1.60. The topological polar surface area (TPSA) is 63.2 Å². The van der Waals surface area contributed by atoms with Crippen molar-refractivity contribution < 1.29 is 9.53 Å². The highest BCUT2D eigenvalue weighted by Crippen LogP contribution is 2.20. The fourth-order valence-corrected chi connectivity index (χ4v) is 1.92. The van der Waals surface area contributed by atoms with Crippen LogP contribution in [0.5, 0.6) is 0 Å². The molecule has 0 bridgehead atoms. The molecule has 6 heteroatoms. The van der Waals surface area contributed by atoms with Gasteiger partial charge in [0.25, 0.3) is 0 Å². The Morgan fingerprint density at radius 3 is 2.94 bits per heavy atom. The number of amides is 1. The summed E-state index contributed by atoms with van der Waals surface area (Å²) < 4.78 is 5.71. The number of carbonyl (C=O) groups excluding carboxylic acids is 1. The van der Waals surface area contributed by atoms with Gasteiger partial charge in [0, 0.05) is 19.9 Å². The molecule has 0 fully saturated rings. The maximum Gasteiger partial charge on any atom is 0.242 e. The average Bonchev–Trinajstić information content (AvgIpc) is 2.32. The Morgan fingerprint density at radius 1 is 1.61 bits per heavy atom. The molecular weight excluding hydrogens is 298 g/mol. The van der Waals surface area contributed by atoms with Gasteiger partial charge in [-0.25, -0.2) is 4.98 Å². The minimum absolute atomic E-state index is 0.0821. The van der Waals surface area contributed by atoms with Gasteiger partial charge in [-0.15, -0.1) is 0 Å². The maximum absolute atomic E-state index is 11.7. The lowest BCUT2D eigenvalue weighted by atomic mass is 10.3. The van der Waals surface area contributed by atoms with Crippen LogP contribution in [0, 0.1) is 6.92 Å². The summed E-state index contributed by atoms with van der Waals surface area (Å²) in [5.74, 6) is 0.580. The van der Waals surface area contributed by atoms with Gasteiger partial charge in [-0.2, -0.15) is 0 Å². The van der Waals surface area contributed by atoms with E-state index in [0.717, 1.165) is 10.0 Å². The molecule has 0 aliphatic rings. The smallest absolute Gasteiger partial charge is 0.242 e. The van der Waals surface area contributed by atoms with E-state index in [9.17, 15) is 4.79 Å². The maximum atomic E-state index is 11.7. The van der Waals surface area contributed by atoms with Gasteiger partial charge in [-0.3, -0.25) is 4.79 Å². The van der Waals surface area contributed by atoms with E-state index in [1.165, 1.54) is 0 Å². The molecule has 0 radical (unpaired) electrons. The first-order valence-electron chi connectivity index (χ1n) is 5.70. The SMILES string of the molecule is COCCNC(=O)C(C)Nc1ncc(C)cc1Br. The predicted molar refractivity (Wildman–Crippen MR) is 74.6 cm³/mol. The Hall–Kier alpha value is -1.14. The summed E-state index contributed by atoms with van der Waals surface area (Å²) in [6.07, 6.45) is 1.75. The average molecular weight is 316 g/mol. The lowest BCUT2D eigenvalue weighted by Gasteiger charge is -2.15. The number of rotatable bonds is 6. The first-order chi connectivity index (χ1) is 8.54. The van der Waals surface area contributed by atoms with Crippen LogP contribution in [-0.4, -0.2) is 37.2 Å². The number of hydrogen-bond donors (Lipinski definition) is 2. The summed E-state index contributed by atoms with van der Waals surface area (Å²) in [4.78, 5) is 16.0. The van der Waals surface area contributed by atoms with Crippen molar-refractivity contribution in [3.8, 4) is 0 Å². The lowest BCUT2D eigenvalue weighted by Crippen LogP contribution is -2.39. The Balaban J connectivity index is 2.53. The van der Waals surface area contributed by atoms with Crippen molar-refractivity contribution in [1.82, 2.24) is 10.3 Å². The molecule has 1 rings (SSSR count). The van der Waals surface area contributed by atoms with Crippen molar-refractivity contribution in [1.29, 1.82) is 0 Å². The molecule has 0 saturated carbocycles. The standard InChI is InChI=1S/C12H18BrN3O2/c1-8-6-10(13)11(15-7-8)16-9(2)12(17)14-4-5-18-3/h6-7,9H,4-5H2,1-3H3,(H,14,17)(H,15,16). The summed E-state index contributed by atoms with van der Waals surface area (Å²) in [6.45, 7) is 4.76. The third-order valence-corrected chi connectivity index (χ3v) is 2.93. The zero-order chi connectivity index (χ0) is 13.5. The second-order valence-corrected chi connectivity index (χ2v) is 4.85. The van der Waals surface area contributed by atoms with Gasteiger partial charge in [0.05, 0.1) is 11.1 Å². The molecule has 1 unspecified atom stereocenters. The van der Waals surface area contributed by atoms with E-state index in [4.69, 9.17) is 4.74 Å². The summed E-state index contributed by atoms with van der Waals surface area (Å²) >= 11 is 3.41. The number of nitrogens with zero attached hydrogens (tertiary/aromatic N) is 1. The highest BCUT2D eigenvalue weighted by atomic mass is 79.9. The van der Waals surface area contributed by atoms with Crippen LogP contribution in [0.15, 0.2) is 16.7 Å².